The molecule has 1 heterocycles. The Kier molecular flexibility index (Phi) is 8.58. The van der Waals surface area contributed by atoms with Gasteiger partial charge in [-0.2, -0.15) is 13.2 Å². The first-order valence-electron chi connectivity index (χ1n) is 10.5. The summed E-state index contributed by atoms with van der Waals surface area (Å²) in [6.45, 7) is 2.50. The predicted molar refractivity (Wildman–Crippen MR) is 122 cm³/mol. The van der Waals surface area contributed by atoms with E-state index in [9.17, 15) is 22.8 Å². The van der Waals surface area contributed by atoms with Crippen LogP contribution in [0.5, 0.6) is 5.75 Å². The SMILES string of the molecule is CCCN(CCC(=O)Nc1nnc(-c2ccc(C(F)(F)F)cc2)s1)C(=O)COc1ccccc1. The molecular weight excluding hydrogens is 469 g/mol. The minimum atomic E-state index is -4.42. The van der Waals surface area contributed by atoms with E-state index in [1.165, 1.54) is 12.1 Å². The van der Waals surface area contributed by atoms with Gasteiger partial charge in [0.05, 0.1) is 5.56 Å². The van der Waals surface area contributed by atoms with E-state index in [4.69, 9.17) is 4.74 Å². The fraction of sp³-hybridized carbons (Fsp3) is 0.304. The number of carbonyl (C=O) groups excluding carboxylic acids is 2. The number of benzene rings is 2. The molecule has 2 aromatic carbocycles. The smallest absolute Gasteiger partial charge is 0.416 e. The van der Waals surface area contributed by atoms with Crippen LogP contribution < -0.4 is 10.1 Å². The van der Waals surface area contributed by atoms with Crippen molar-refractivity contribution < 1.29 is 27.5 Å². The standard InChI is InChI=1S/C23H23F3N4O3S/c1-2-13-30(20(32)15-33-18-6-4-3-5-7-18)14-12-19(31)27-22-29-28-21(34-22)16-8-10-17(11-9-16)23(24,25)26/h3-11H,2,12-15H2,1H3,(H,27,29,31). The van der Waals surface area contributed by atoms with E-state index in [2.05, 4.69) is 15.5 Å². The Morgan fingerprint density at radius 1 is 1.03 bits per heavy atom. The van der Waals surface area contributed by atoms with Crippen LogP contribution in [0.3, 0.4) is 0 Å². The highest BCUT2D eigenvalue weighted by Gasteiger charge is 2.30. The number of halogens is 3. The molecule has 0 aliphatic rings. The summed E-state index contributed by atoms with van der Waals surface area (Å²) < 4.78 is 43.6. The van der Waals surface area contributed by atoms with Gasteiger partial charge < -0.3 is 15.0 Å². The molecule has 0 saturated carbocycles. The van der Waals surface area contributed by atoms with Crippen molar-refractivity contribution in [2.75, 3.05) is 25.0 Å². The first kappa shape index (κ1) is 25.2. The fourth-order valence-electron chi connectivity index (χ4n) is 2.99. The molecule has 0 bridgehead atoms. The normalized spacial score (nSPS) is 11.2. The Hall–Kier alpha value is -3.47. The van der Waals surface area contributed by atoms with Gasteiger partial charge in [-0.3, -0.25) is 9.59 Å². The van der Waals surface area contributed by atoms with E-state index in [1.807, 2.05) is 25.1 Å². The van der Waals surface area contributed by atoms with Gasteiger partial charge in [-0.1, -0.05) is 48.6 Å². The Morgan fingerprint density at radius 2 is 1.74 bits per heavy atom. The van der Waals surface area contributed by atoms with Crippen LogP contribution in [-0.2, 0) is 15.8 Å². The summed E-state index contributed by atoms with van der Waals surface area (Å²) in [4.78, 5) is 26.4. The largest absolute Gasteiger partial charge is 0.484 e. The van der Waals surface area contributed by atoms with E-state index < -0.39 is 11.7 Å². The van der Waals surface area contributed by atoms with Crippen molar-refractivity contribution in [2.45, 2.75) is 25.9 Å². The van der Waals surface area contributed by atoms with Crippen LogP contribution in [0, 0.1) is 0 Å². The summed E-state index contributed by atoms with van der Waals surface area (Å²) in [7, 11) is 0. The van der Waals surface area contributed by atoms with Crippen LogP contribution in [0.1, 0.15) is 25.3 Å². The number of rotatable bonds is 10. The molecule has 0 saturated heterocycles. The minimum Gasteiger partial charge on any atom is -0.484 e. The maximum atomic E-state index is 12.7. The number of carbonyl (C=O) groups is 2. The number of para-hydroxylation sites is 1. The van der Waals surface area contributed by atoms with Gasteiger partial charge in [0.1, 0.15) is 10.8 Å². The molecule has 180 valence electrons. The molecule has 11 heteroatoms. The van der Waals surface area contributed by atoms with Gasteiger partial charge in [0.2, 0.25) is 11.0 Å². The van der Waals surface area contributed by atoms with Crippen LogP contribution in [0.25, 0.3) is 10.6 Å². The van der Waals surface area contributed by atoms with Gasteiger partial charge >= 0.3 is 6.18 Å². The van der Waals surface area contributed by atoms with Crippen molar-refractivity contribution in [3.05, 3.63) is 60.2 Å². The second kappa shape index (κ2) is 11.6. The van der Waals surface area contributed by atoms with E-state index in [0.29, 0.717) is 22.9 Å². The molecule has 1 N–H and O–H groups in total. The summed E-state index contributed by atoms with van der Waals surface area (Å²) in [6.07, 6.45) is -3.64. The third kappa shape index (κ3) is 7.27. The number of aromatic nitrogens is 2. The van der Waals surface area contributed by atoms with Gasteiger partial charge in [0, 0.05) is 25.1 Å². The molecule has 0 spiro atoms. The lowest BCUT2D eigenvalue weighted by molar-refractivity contribution is -0.137. The zero-order valence-corrected chi connectivity index (χ0v) is 19.2. The van der Waals surface area contributed by atoms with Gasteiger partial charge in [0.15, 0.2) is 6.61 Å². The van der Waals surface area contributed by atoms with Crippen molar-refractivity contribution >= 4 is 28.3 Å². The van der Waals surface area contributed by atoms with Crippen LogP contribution in [0.15, 0.2) is 54.6 Å². The number of nitrogens with one attached hydrogen (secondary N) is 1. The first-order valence-corrected chi connectivity index (χ1v) is 11.3. The fourth-order valence-corrected chi connectivity index (χ4v) is 3.76. The minimum absolute atomic E-state index is 0.0479. The third-order valence-corrected chi connectivity index (χ3v) is 5.58. The molecule has 0 aliphatic heterocycles. The second-order valence-corrected chi connectivity index (χ2v) is 8.25. The highest BCUT2D eigenvalue weighted by atomic mass is 32.1. The number of hydrogen-bond acceptors (Lipinski definition) is 6. The van der Waals surface area contributed by atoms with E-state index in [0.717, 1.165) is 29.9 Å². The number of nitrogens with zero attached hydrogens (tertiary/aromatic N) is 3. The zero-order chi connectivity index (χ0) is 24.6. The monoisotopic (exact) mass is 492 g/mol. The Morgan fingerprint density at radius 3 is 2.38 bits per heavy atom. The van der Waals surface area contributed by atoms with E-state index in [1.54, 1.807) is 17.0 Å². The predicted octanol–water partition coefficient (Wildman–Crippen LogP) is 4.87. The van der Waals surface area contributed by atoms with Crippen molar-refractivity contribution in [2.24, 2.45) is 0 Å². The summed E-state index contributed by atoms with van der Waals surface area (Å²) in [5.74, 6) is 0.0113. The van der Waals surface area contributed by atoms with Crippen LogP contribution in [0.2, 0.25) is 0 Å². The van der Waals surface area contributed by atoms with Crippen LogP contribution in [0.4, 0.5) is 18.3 Å². The molecule has 0 aliphatic carbocycles. The van der Waals surface area contributed by atoms with Crippen LogP contribution >= 0.6 is 11.3 Å². The summed E-state index contributed by atoms with van der Waals surface area (Å²) in [5, 5.41) is 11.0. The molecule has 2 amide bonds. The molecule has 0 atom stereocenters. The molecule has 0 unspecified atom stereocenters. The van der Waals surface area contributed by atoms with Gasteiger partial charge in [-0.05, 0) is 30.7 Å². The molecule has 3 aromatic rings. The number of hydrogen-bond donors (Lipinski definition) is 1. The van der Waals surface area contributed by atoms with Crippen molar-refractivity contribution in [1.29, 1.82) is 0 Å². The molecule has 0 radical (unpaired) electrons. The lowest BCUT2D eigenvalue weighted by atomic mass is 10.1. The maximum absolute atomic E-state index is 12.7. The molecule has 34 heavy (non-hydrogen) atoms. The van der Waals surface area contributed by atoms with Gasteiger partial charge in [0.25, 0.3) is 5.91 Å². The van der Waals surface area contributed by atoms with Crippen molar-refractivity contribution in [3.8, 4) is 16.3 Å². The third-order valence-electron chi connectivity index (χ3n) is 4.69. The van der Waals surface area contributed by atoms with Gasteiger partial charge in [-0.25, -0.2) is 0 Å². The van der Waals surface area contributed by atoms with Gasteiger partial charge in [-0.15, -0.1) is 10.2 Å². The summed E-state index contributed by atoms with van der Waals surface area (Å²) in [6, 6.07) is 13.5. The number of alkyl halides is 3. The lowest BCUT2D eigenvalue weighted by Crippen LogP contribution is -2.37. The second-order valence-electron chi connectivity index (χ2n) is 7.27. The topological polar surface area (TPSA) is 84.4 Å². The average Bonchev–Trinajstić information content (AvgIpc) is 3.28. The van der Waals surface area contributed by atoms with Crippen molar-refractivity contribution in [1.82, 2.24) is 15.1 Å². The number of amides is 2. The average molecular weight is 493 g/mol. The summed E-state index contributed by atoms with van der Waals surface area (Å²) in [5.41, 5.74) is -0.293. The summed E-state index contributed by atoms with van der Waals surface area (Å²) >= 11 is 1.05. The zero-order valence-electron chi connectivity index (χ0n) is 18.3. The highest BCUT2D eigenvalue weighted by Crippen LogP contribution is 2.32. The Labute approximate surface area is 198 Å². The quantitative estimate of drug-likeness (QED) is 0.437. The van der Waals surface area contributed by atoms with Crippen molar-refractivity contribution in [3.63, 3.8) is 0 Å². The molecule has 0 fully saturated rings. The van der Waals surface area contributed by atoms with E-state index >= 15 is 0 Å². The first-order chi connectivity index (χ1) is 16.3. The molecule has 1 aromatic heterocycles. The molecule has 3 rings (SSSR count). The maximum Gasteiger partial charge on any atom is 0.416 e. The number of ether oxygens (including phenoxy) is 1. The molecular formula is C23H23F3N4O3S. The Balaban J connectivity index is 1.51. The van der Waals surface area contributed by atoms with E-state index in [-0.39, 0.29) is 36.5 Å². The Bertz CT molecular complexity index is 1090. The number of anilines is 1. The van der Waals surface area contributed by atoms with Crippen LogP contribution in [-0.4, -0.2) is 46.6 Å². The molecule has 7 nitrogen and oxygen atoms in total. The lowest BCUT2D eigenvalue weighted by Gasteiger charge is -2.21. The highest BCUT2D eigenvalue weighted by molar-refractivity contribution is 7.18.